The van der Waals surface area contributed by atoms with Crippen molar-refractivity contribution in [2.24, 2.45) is 0 Å². The molecule has 0 saturated heterocycles. The zero-order valence-electron chi connectivity index (χ0n) is 11.2. The smallest absolute Gasteiger partial charge is 0.305 e. The lowest BCUT2D eigenvalue weighted by atomic mass is 10.0. The topological polar surface area (TPSA) is 63.6 Å². The minimum Gasteiger partial charge on any atom is -0.508 e. The van der Waals surface area contributed by atoms with Crippen molar-refractivity contribution in [1.29, 1.82) is 0 Å². The summed E-state index contributed by atoms with van der Waals surface area (Å²) in [5.74, 6) is 0.0764. The summed E-state index contributed by atoms with van der Waals surface area (Å²) in [7, 11) is 1.39. The minimum absolute atomic E-state index is 0.0907. The Hall–Kier alpha value is -1.84. The number of methoxy groups -OCH3 is 1. The number of ketones is 1. The first-order valence-corrected chi connectivity index (χ1v) is 6.52. The van der Waals surface area contributed by atoms with Gasteiger partial charge in [-0.25, -0.2) is 0 Å². The minimum atomic E-state index is -0.180. The van der Waals surface area contributed by atoms with Gasteiger partial charge in [0.05, 0.1) is 7.11 Å². The third-order valence-corrected chi connectivity index (χ3v) is 2.95. The number of benzene rings is 1. The summed E-state index contributed by atoms with van der Waals surface area (Å²) in [5.41, 5.74) is 0.632. The summed E-state index contributed by atoms with van der Waals surface area (Å²) < 4.78 is 4.55. The van der Waals surface area contributed by atoms with Crippen molar-refractivity contribution in [3.63, 3.8) is 0 Å². The molecule has 1 N–H and O–H groups in total. The van der Waals surface area contributed by atoms with E-state index in [-0.39, 0.29) is 17.5 Å². The highest BCUT2D eigenvalue weighted by atomic mass is 16.5. The summed E-state index contributed by atoms with van der Waals surface area (Å²) in [6.07, 6.45) is 4.44. The van der Waals surface area contributed by atoms with Crippen molar-refractivity contribution < 1.29 is 19.4 Å². The van der Waals surface area contributed by atoms with Gasteiger partial charge in [0.1, 0.15) is 5.75 Å². The van der Waals surface area contributed by atoms with Crippen LogP contribution in [0.1, 0.15) is 48.9 Å². The van der Waals surface area contributed by atoms with E-state index >= 15 is 0 Å². The summed E-state index contributed by atoms with van der Waals surface area (Å²) in [6.45, 7) is 0. The average molecular weight is 264 g/mol. The van der Waals surface area contributed by atoms with Crippen molar-refractivity contribution in [1.82, 2.24) is 0 Å². The van der Waals surface area contributed by atoms with E-state index in [9.17, 15) is 9.59 Å². The third-order valence-electron chi connectivity index (χ3n) is 2.95. The summed E-state index contributed by atoms with van der Waals surface area (Å²) in [5, 5.41) is 9.13. The molecule has 4 heteroatoms. The lowest BCUT2D eigenvalue weighted by Crippen LogP contribution is -2.00. The predicted octanol–water partition coefficient (Wildman–Crippen LogP) is 3.09. The number of aromatic hydroxyl groups is 1. The van der Waals surface area contributed by atoms with Crippen LogP contribution in [0.3, 0.4) is 0 Å². The number of rotatable bonds is 8. The van der Waals surface area contributed by atoms with Gasteiger partial charge in [-0.3, -0.25) is 9.59 Å². The van der Waals surface area contributed by atoms with E-state index in [0.29, 0.717) is 18.4 Å². The van der Waals surface area contributed by atoms with E-state index in [1.54, 1.807) is 12.1 Å². The molecule has 104 valence electrons. The summed E-state index contributed by atoms with van der Waals surface area (Å²) >= 11 is 0. The van der Waals surface area contributed by atoms with E-state index in [1.165, 1.54) is 19.2 Å². The van der Waals surface area contributed by atoms with E-state index < -0.39 is 0 Å². The SMILES string of the molecule is COC(=O)CCCCCCC(=O)c1ccc(O)cc1. The number of hydrogen-bond donors (Lipinski definition) is 1. The molecule has 0 unspecified atom stereocenters. The normalized spacial score (nSPS) is 10.2. The van der Waals surface area contributed by atoms with Crippen LogP contribution in [-0.2, 0) is 9.53 Å². The van der Waals surface area contributed by atoms with Crippen LogP contribution in [0.25, 0.3) is 0 Å². The van der Waals surface area contributed by atoms with Gasteiger partial charge >= 0.3 is 5.97 Å². The lowest BCUT2D eigenvalue weighted by molar-refractivity contribution is -0.140. The van der Waals surface area contributed by atoms with Crippen molar-refractivity contribution in [3.8, 4) is 5.75 Å². The first-order chi connectivity index (χ1) is 9.13. The Balaban J connectivity index is 2.14. The zero-order chi connectivity index (χ0) is 14.1. The second-order valence-electron chi connectivity index (χ2n) is 4.46. The van der Waals surface area contributed by atoms with Crippen LogP contribution in [0, 0.1) is 0 Å². The van der Waals surface area contributed by atoms with Crippen LogP contribution >= 0.6 is 0 Å². The zero-order valence-corrected chi connectivity index (χ0v) is 11.2. The molecular formula is C15H20O4. The molecule has 0 aliphatic rings. The number of carbonyl (C=O) groups excluding carboxylic acids is 2. The van der Waals surface area contributed by atoms with Crippen LogP contribution < -0.4 is 0 Å². The van der Waals surface area contributed by atoms with Crippen molar-refractivity contribution >= 4 is 11.8 Å². The van der Waals surface area contributed by atoms with Gasteiger partial charge in [-0.15, -0.1) is 0 Å². The van der Waals surface area contributed by atoms with E-state index in [0.717, 1.165) is 25.7 Å². The molecule has 0 heterocycles. The molecule has 1 aromatic carbocycles. The number of phenolic OH excluding ortho intramolecular Hbond substituents is 1. The van der Waals surface area contributed by atoms with Crippen LogP contribution in [0.4, 0.5) is 0 Å². The maximum absolute atomic E-state index is 11.8. The number of phenols is 1. The molecule has 0 aromatic heterocycles. The third kappa shape index (κ3) is 6.04. The lowest BCUT2D eigenvalue weighted by Gasteiger charge is -2.02. The number of esters is 1. The molecular weight excluding hydrogens is 244 g/mol. The maximum atomic E-state index is 11.8. The van der Waals surface area contributed by atoms with Crippen LogP contribution in [0.2, 0.25) is 0 Å². The van der Waals surface area contributed by atoms with E-state index in [1.807, 2.05) is 0 Å². The fraction of sp³-hybridized carbons (Fsp3) is 0.467. The Morgan fingerprint density at radius 1 is 1.00 bits per heavy atom. The Labute approximate surface area is 113 Å². The molecule has 0 aliphatic carbocycles. The molecule has 0 fully saturated rings. The van der Waals surface area contributed by atoms with Crippen LogP contribution in [-0.4, -0.2) is 24.0 Å². The summed E-state index contributed by atoms with van der Waals surface area (Å²) in [6, 6.07) is 6.30. The highest BCUT2D eigenvalue weighted by Gasteiger charge is 2.05. The number of ether oxygens (including phenoxy) is 1. The van der Waals surface area contributed by atoms with Gasteiger partial charge in [-0.1, -0.05) is 12.8 Å². The largest absolute Gasteiger partial charge is 0.508 e. The van der Waals surface area contributed by atoms with Crippen molar-refractivity contribution in [3.05, 3.63) is 29.8 Å². The molecule has 0 aliphatic heterocycles. The first kappa shape index (κ1) is 15.2. The van der Waals surface area contributed by atoms with Crippen molar-refractivity contribution in [2.45, 2.75) is 38.5 Å². The quantitative estimate of drug-likeness (QED) is 0.445. The first-order valence-electron chi connectivity index (χ1n) is 6.52. The molecule has 0 bridgehead atoms. The van der Waals surface area contributed by atoms with Gasteiger partial charge in [0, 0.05) is 18.4 Å². The van der Waals surface area contributed by atoms with Crippen LogP contribution in [0.5, 0.6) is 5.75 Å². The molecule has 0 radical (unpaired) electrons. The Morgan fingerprint density at radius 2 is 1.58 bits per heavy atom. The Morgan fingerprint density at radius 3 is 2.16 bits per heavy atom. The molecule has 1 aromatic rings. The number of carbonyl (C=O) groups is 2. The van der Waals surface area contributed by atoms with Gasteiger partial charge < -0.3 is 9.84 Å². The Bertz CT molecular complexity index is 409. The van der Waals surface area contributed by atoms with Gasteiger partial charge in [-0.05, 0) is 37.1 Å². The fourth-order valence-corrected chi connectivity index (χ4v) is 1.80. The fourth-order valence-electron chi connectivity index (χ4n) is 1.80. The molecule has 1 rings (SSSR count). The van der Waals surface area contributed by atoms with Gasteiger partial charge in [0.25, 0.3) is 0 Å². The van der Waals surface area contributed by atoms with Gasteiger partial charge in [0.2, 0.25) is 0 Å². The average Bonchev–Trinajstić information content (AvgIpc) is 2.42. The number of Topliss-reactive ketones (excluding diaryl/α,β-unsaturated/α-hetero) is 1. The van der Waals surface area contributed by atoms with Gasteiger partial charge in [0.15, 0.2) is 5.78 Å². The molecule has 0 spiro atoms. The number of unbranched alkanes of at least 4 members (excludes halogenated alkanes) is 3. The molecule has 0 atom stereocenters. The second kappa shape index (κ2) is 8.29. The molecule has 19 heavy (non-hydrogen) atoms. The Kier molecular flexibility index (Phi) is 6.64. The highest BCUT2D eigenvalue weighted by Crippen LogP contribution is 2.13. The highest BCUT2D eigenvalue weighted by molar-refractivity contribution is 5.96. The maximum Gasteiger partial charge on any atom is 0.305 e. The van der Waals surface area contributed by atoms with Crippen molar-refractivity contribution in [2.75, 3.05) is 7.11 Å². The molecule has 0 amide bonds. The second-order valence-corrected chi connectivity index (χ2v) is 4.46. The monoisotopic (exact) mass is 264 g/mol. The predicted molar refractivity (Wildman–Crippen MR) is 72.2 cm³/mol. The molecule has 0 saturated carbocycles. The number of hydrogen-bond acceptors (Lipinski definition) is 4. The molecule has 4 nitrogen and oxygen atoms in total. The van der Waals surface area contributed by atoms with Crippen LogP contribution in [0.15, 0.2) is 24.3 Å². The van der Waals surface area contributed by atoms with E-state index in [2.05, 4.69) is 4.74 Å². The standard InChI is InChI=1S/C15H20O4/c1-19-15(18)7-5-3-2-4-6-14(17)12-8-10-13(16)11-9-12/h8-11,16H,2-7H2,1H3. The summed E-state index contributed by atoms with van der Waals surface area (Å²) in [4.78, 5) is 22.7. The van der Waals surface area contributed by atoms with E-state index in [4.69, 9.17) is 5.11 Å². The van der Waals surface area contributed by atoms with Gasteiger partial charge in [-0.2, -0.15) is 0 Å².